The van der Waals surface area contributed by atoms with Crippen molar-refractivity contribution in [2.45, 2.75) is 119 Å². The number of nitrogens with zero attached hydrogens (tertiary/aromatic N) is 22. The molecule has 5 aromatic heterocycles. The van der Waals surface area contributed by atoms with E-state index in [1.54, 1.807) is 14.7 Å². The standard InChI is InChI=1S/C94H106N22O7/c1-7-86(117)114-41-38-110(52-67(114)25-31-95)89-77-28-35-107(83-22-14-17-62-16-10-11-19-74(62)83)56-80(77)98-92(101-89)121-59-70-47-64(50-105(70)5)63-46-66-18-15-34-113(66)85(49-63)109-37-30-79-82(58-109)100-93(102-91(79)112-40-43-116(88(119)9-3)69(54-112)27-33-97)122-60-71-48-65(51-106(71)6)73-23-24-84(76-21-13-12-20-75(73)76)108-36-29-78-81(57-108)99-94(123-61-72-55-104(4)44-45-120-72)103-90(78)111-39-42-115(87(118)8-2)68(53-111)26-32-96/h7-24,34,46,49,64-65,67-72H,1-3,25-30,35-45,47-48,50-61H2,4-6H3/t64?,65?,67-,68?,69-,70+,71-,72+/m0/s1. The summed E-state index contributed by atoms with van der Waals surface area (Å²) in [5, 5.41) is 34.8. The van der Waals surface area contributed by atoms with E-state index in [0.717, 1.165) is 131 Å². The predicted octanol–water partition coefficient (Wildman–Crippen LogP) is 9.10. The van der Waals surface area contributed by atoms with Crippen LogP contribution in [-0.4, -0.2) is 270 Å². The molecule has 634 valence electrons. The quantitative estimate of drug-likeness (QED) is 0.0539. The summed E-state index contributed by atoms with van der Waals surface area (Å²) in [5.41, 5.74) is 11.7. The first kappa shape index (κ1) is 81.5. The molecular weight excluding hydrogens is 1550 g/mol. The first-order valence-electron chi connectivity index (χ1n) is 43.4. The molecule has 8 atom stereocenters. The molecule has 0 N–H and O–H groups in total. The number of nitriles is 3. The van der Waals surface area contributed by atoms with Gasteiger partial charge in [0.1, 0.15) is 49.2 Å². The van der Waals surface area contributed by atoms with Crippen LogP contribution in [0.5, 0.6) is 18.0 Å². The molecule has 0 aliphatic carbocycles. The van der Waals surface area contributed by atoms with Crippen LogP contribution in [0.3, 0.4) is 0 Å². The van der Waals surface area contributed by atoms with Crippen molar-refractivity contribution >= 4 is 79.4 Å². The SMILES string of the molecule is C=CC(=O)N1CCN(c2nc(OC[C@H]3CN(C)CCO3)nc3c2CCN(c2ccc(C4C[C@@H](COc5nc6c(c(N7CCN(C(=O)C=C)[C@@H](CC#N)C7)n5)CCN(c5cc(C7C[C@H](COc8nc9c(c(N%10CCN(C(=O)C=C)[C@@H](CC#N)C%10)n8)CCN(c8cccc%10ccccc8%10)C9)N(C)C7)cc7cccn57)C6)N(C)C4)c4ccccc24)C3)CC1CC#N. The summed E-state index contributed by atoms with van der Waals surface area (Å²) in [6, 6.07) is 44.1. The molecule has 29 nitrogen and oxygen atoms in total. The molecular formula is C94H106N22O7. The van der Waals surface area contributed by atoms with Crippen LogP contribution >= 0.6 is 0 Å². The van der Waals surface area contributed by atoms with E-state index in [1.807, 2.05) is 0 Å². The lowest BCUT2D eigenvalue weighted by Gasteiger charge is -2.42. The zero-order valence-electron chi connectivity index (χ0n) is 70.5. The van der Waals surface area contributed by atoms with Gasteiger partial charge in [-0.25, -0.2) is 0 Å². The second-order valence-corrected chi connectivity index (χ2v) is 34.3. The van der Waals surface area contributed by atoms with Gasteiger partial charge in [-0.05, 0) is 142 Å². The van der Waals surface area contributed by atoms with Crippen molar-refractivity contribution in [2.24, 2.45) is 0 Å². The minimum atomic E-state index is -0.371. The van der Waals surface area contributed by atoms with E-state index >= 15 is 0 Å². The second kappa shape index (κ2) is 35.5. The minimum Gasteiger partial charge on any atom is -0.462 e. The highest BCUT2D eigenvalue weighted by Gasteiger charge is 2.41. The summed E-state index contributed by atoms with van der Waals surface area (Å²) in [7, 11) is 6.43. The maximum absolute atomic E-state index is 13.3. The Hall–Kier alpha value is -12.5. The van der Waals surface area contributed by atoms with Crippen LogP contribution in [-0.2, 0) is 58.0 Å². The Morgan fingerprint density at radius 3 is 1.46 bits per heavy atom. The molecule has 29 heteroatoms. The number of anilines is 6. The van der Waals surface area contributed by atoms with Gasteiger partial charge in [-0.3, -0.25) is 24.2 Å². The smallest absolute Gasteiger partial charge is 0.318 e. The van der Waals surface area contributed by atoms with Gasteiger partial charge in [0, 0.05) is 167 Å². The molecule has 6 saturated heterocycles. The molecule has 0 saturated carbocycles. The van der Waals surface area contributed by atoms with Crippen molar-refractivity contribution in [2.75, 3.05) is 182 Å². The molecule has 0 bridgehead atoms. The van der Waals surface area contributed by atoms with Gasteiger partial charge < -0.3 is 72.3 Å². The molecule has 3 unspecified atom stereocenters. The fourth-order valence-corrected chi connectivity index (χ4v) is 20.5. The summed E-state index contributed by atoms with van der Waals surface area (Å²) in [6.07, 6.45) is 10.2. The molecule has 3 amide bonds. The van der Waals surface area contributed by atoms with Crippen molar-refractivity contribution in [1.82, 2.24) is 63.7 Å². The van der Waals surface area contributed by atoms with E-state index in [-0.39, 0.29) is 91.1 Å². The summed E-state index contributed by atoms with van der Waals surface area (Å²) < 4.78 is 28.6. The van der Waals surface area contributed by atoms with Gasteiger partial charge in [-0.15, -0.1) is 0 Å². The number of rotatable bonds is 23. The Bertz CT molecular complexity index is 5680. The number of morpholine rings is 1. The first-order chi connectivity index (χ1) is 60.1. The topological polar surface area (TPSA) is 280 Å². The summed E-state index contributed by atoms with van der Waals surface area (Å²) >= 11 is 0. The maximum Gasteiger partial charge on any atom is 0.318 e. The van der Waals surface area contributed by atoms with Gasteiger partial charge in [-0.2, -0.15) is 45.7 Å². The lowest BCUT2D eigenvalue weighted by molar-refractivity contribution is -0.129. The number of pyridine rings is 1. The van der Waals surface area contributed by atoms with E-state index < -0.39 is 0 Å². The third kappa shape index (κ3) is 16.6. The second-order valence-electron chi connectivity index (χ2n) is 34.3. The zero-order valence-corrected chi connectivity index (χ0v) is 70.5. The Morgan fingerprint density at radius 2 is 0.935 bits per heavy atom. The van der Waals surface area contributed by atoms with Crippen LogP contribution in [0, 0.1) is 34.0 Å². The van der Waals surface area contributed by atoms with Crippen LogP contribution in [0.25, 0.3) is 27.1 Å². The summed E-state index contributed by atoms with van der Waals surface area (Å²) in [4.78, 5) is 97.1. The van der Waals surface area contributed by atoms with Gasteiger partial charge in [-0.1, -0.05) is 86.5 Å². The highest BCUT2D eigenvalue weighted by Crippen LogP contribution is 2.44. The van der Waals surface area contributed by atoms with Crippen LogP contribution in [0.1, 0.15) is 88.8 Å². The van der Waals surface area contributed by atoms with E-state index in [0.29, 0.717) is 143 Å². The fourth-order valence-electron chi connectivity index (χ4n) is 20.5. The molecule has 9 aliphatic heterocycles. The number of carbonyl (C=O) groups excluding carboxylic acids is 3. The third-order valence-corrected chi connectivity index (χ3v) is 27.0. The molecule has 123 heavy (non-hydrogen) atoms. The van der Waals surface area contributed by atoms with Crippen LogP contribution < -0.4 is 43.6 Å². The van der Waals surface area contributed by atoms with Gasteiger partial charge >= 0.3 is 18.0 Å². The number of fused-ring (bicyclic) bond motifs is 6. The number of ether oxygens (including phenoxy) is 4. The predicted molar refractivity (Wildman–Crippen MR) is 471 cm³/mol. The molecule has 18 rings (SSSR count). The van der Waals surface area contributed by atoms with E-state index in [2.05, 4.69) is 217 Å². The summed E-state index contributed by atoms with van der Waals surface area (Å²) in [6.45, 7) is 24.1. The first-order valence-corrected chi connectivity index (χ1v) is 43.4. The number of piperazine rings is 3. The average molecular weight is 1660 g/mol. The Morgan fingerprint density at radius 1 is 0.463 bits per heavy atom. The monoisotopic (exact) mass is 1650 g/mol. The fraction of sp³-hybridized carbons (Fsp3) is 0.447. The Kier molecular flexibility index (Phi) is 23.6. The minimum absolute atomic E-state index is 0.0271. The van der Waals surface area contributed by atoms with Crippen LogP contribution in [0.2, 0.25) is 0 Å². The Balaban J connectivity index is 0.585. The van der Waals surface area contributed by atoms with Crippen molar-refractivity contribution in [3.05, 3.63) is 192 Å². The van der Waals surface area contributed by atoms with Crippen molar-refractivity contribution in [3.63, 3.8) is 0 Å². The zero-order chi connectivity index (χ0) is 84.5. The number of likely N-dealkylation sites (tertiary alicyclic amines) is 2. The highest BCUT2D eigenvalue weighted by atomic mass is 16.5. The van der Waals surface area contributed by atoms with Gasteiger partial charge in [0.15, 0.2) is 0 Å². The maximum atomic E-state index is 13.3. The lowest BCUT2D eigenvalue weighted by Crippen LogP contribution is -2.55. The average Bonchev–Trinajstić information content (AvgIpc) is 1.51. The number of hydrogen-bond donors (Lipinski definition) is 0. The molecule has 14 heterocycles. The number of aromatic nitrogens is 7. The van der Waals surface area contributed by atoms with Gasteiger partial charge in [0.05, 0.1) is 98.9 Å². The molecule has 0 radical (unpaired) electrons. The van der Waals surface area contributed by atoms with Gasteiger partial charge in [0.25, 0.3) is 0 Å². The van der Waals surface area contributed by atoms with Crippen LogP contribution in [0.4, 0.5) is 34.6 Å². The number of carbonyl (C=O) groups is 3. The number of benzene rings is 4. The Labute approximate surface area is 717 Å². The van der Waals surface area contributed by atoms with Crippen LogP contribution in [0.15, 0.2) is 147 Å². The van der Waals surface area contributed by atoms with E-state index in [1.165, 1.54) is 45.5 Å². The van der Waals surface area contributed by atoms with E-state index in [9.17, 15) is 30.2 Å². The molecule has 4 aromatic carbocycles. The van der Waals surface area contributed by atoms with Crippen molar-refractivity contribution in [1.29, 1.82) is 15.8 Å². The lowest BCUT2D eigenvalue weighted by atomic mass is 9.90. The van der Waals surface area contributed by atoms with Crippen molar-refractivity contribution < 1.29 is 33.3 Å². The molecule has 6 fully saturated rings. The number of likely N-dealkylation sites (N-methyl/N-ethyl adjacent to an activating group) is 3. The highest BCUT2D eigenvalue weighted by molar-refractivity contribution is 5.98. The molecule has 0 spiro atoms. The molecule has 9 aliphatic rings. The largest absolute Gasteiger partial charge is 0.462 e. The number of hydrogen-bond acceptors (Lipinski definition) is 25. The van der Waals surface area contributed by atoms with Crippen molar-refractivity contribution in [3.8, 4) is 36.2 Å². The third-order valence-electron chi connectivity index (χ3n) is 27.0. The number of amides is 3. The van der Waals surface area contributed by atoms with Gasteiger partial charge in [0.2, 0.25) is 17.7 Å². The van der Waals surface area contributed by atoms with E-state index in [4.69, 9.17) is 48.9 Å². The molecule has 9 aromatic rings. The normalized spacial score (nSPS) is 22.7. The summed E-state index contributed by atoms with van der Waals surface area (Å²) in [5.74, 6) is 3.22.